The van der Waals surface area contributed by atoms with E-state index in [9.17, 15) is 10.1 Å². The summed E-state index contributed by atoms with van der Waals surface area (Å²) < 4.78 is 5.47. The first kappa shape index (κ1) is 16.7. The summed E-state index contributed by atoms with van der Waals surface area (Å²) in [5.74, 6) is 1.55. The molecule has 1 rings (SSSR count). The van der Waals surface area contributed by atoms with Crippen molar-refractivity contribution in [2.75, 3.05) is 0 Å². The van der Waals surface area contributed by atoms with Crippen LogP contribution in [-0.4, -0.2) is 28.5 Å². The molecule has 0 radical (unpaired) electrons. The minimum absolute atomic E-state index is 0.858. The second-order valence-electron chi connectivity index (χ2n) is 5.81. The van der Waals surface area contributed by atoms with Gasteiger partial charge in [0.05, 0.1) is 11.2 Å². The van der Waals surface area contributed by atoms with E-state index in [4.69, 9.17) is 4.65 Å². The molecular formula is C16H23BO3. The van der Waals surface area contributed by atoms with Gasteiger partial charge in [-0.25, -0.2) is 0 Å². The first-order chi connectivity index (χ1) is 9.15. The van der Waals surface area contributed by atoms with Crippen molar-refractivity contribution in [1.82, 2.24) is 0 Å². The van der Waals surface area contributed by atoms with Crippen LogP contribution in [0.3, 0.4) is 0 Å². The average molecular weight is 274 g/mol. The van der Waals surface area contributed by atoms with E-state index in [0.29, 0.717) is 0 Å². The smallest absolute Gasteiger partial charge is 0.423 e. The molecule has 1 aromatic rings. The molecule has 3 nitrogen and oxygen atoms in total. The molecule has 0 fully saturated rings. The third kappa shape index (κ3) is 4.64. The lowest BCUT2D eigenvalue weighted by Crippen LogP contribution is -2.50. The molecule has 1 aromatic carbocycles. The normalized spacial score (nSPS) is 12.7. The quantitative estimate of drug-likeness (QED) is 0.784. The highest BCUT2D eigenvalue weighted by Crippen LogP contribution is 2.25. The largest absolute Gasteiger partial charge is 0.483 e. The minimum atomic E-state index is -1.07. The molecule has 0 aromatic heterocycles. The maximum absolute atomic E-state index is 9.97. The van der Waals surface area contributed by atoms with Crippen LogP contribution in [0.15, 0.2) is 36.8 Å². The molecule has 2 N–H and O–H groups in total. The highest BCUT2D eigenvalue weighted by molar-refractivity contribution is 6.50. The standard InChI is InChI=1S/C16H23BO3/c1-6-13-7-9-14(10-8-13)11-12-17(19)20-16(4,5)15(2,3)18/h6-12,18-19H,1H2,2-5H3. The molecule has 0 saturated carbocycles. The van der Waals surface area contributed by atoms with Gasteiger partial charge in [-0.2, -0.15) is 0 Å². The van der Waals surface area contributed by atoms with E-state index in [1.54, 1.807) is 45.8 Å². The van der Waals surface area contributed by atoms with Gasteiger partial charge in [-0.3, -0.25) is 0 Å². The Morgan fingerprint density at radius 1 is 1.10 bits per heavy atom. The van der Waals surface area contributed by atoms with Gasteiger partial charge < -0.3 is 14.8 Å². The van der Waals surface area contributed by atoms with Crippen molar-refractivity contribution in [3.63, 3.8) is 0 Å². The Kier molecular flexibility index (Phi) is 5.34. The number of benzene rings is 1. The van der Waals surface area contributed by atoms with Crippen LogP contribution in [-0.2, 0) is 4.65 Å². The van der Waals surface area contributed by atoms with Crippen LogP contribution >= 0.6 is 0 Å². The Labute approximate surface area is 121 Å². The maximum atomic E-state index is 9.97. The maximum Gasteiger partial charge on any atom is 0.483 e. The molecule has 0 spiro atoms. The number of hydrogen-bond donors (Lipinski definition) is 2. The molecule has 20 heavy (non-hydrogen) atoms. The van der Waals surface area contributed by atoms with E-state index in [1.807, 2.05) is 24.3 Å². The fraction of sp³-hybridized carbons (Fsp3) is 0.375. The fourth-order valence-electron chi connectivity index (χ4n) is 1.42. The SMILES string of the molecule is C=Cc1ccc(C=CB(O)OC(C)(C)C(C)(C)O)cc1. The van der Waals surface area contributed by atoms with Gasteiger partial charge in [0.25, 0.3) is 0 Å². The second-order valence-corrected chi connectivity index (χ2v) is 5.81. The molecule has 0 aliphatic carbocycles. The number of rotatable bonds is 6. The average Bonchev–Trinajstić information content (AvgIpc) is 2.35. The second kappa shape index (κ2) is 6.40. The first-order valence-corrected chi connectivity index (χ1v) is 6.65. The van der Waals surface area contributed by atoms with Gasteiger partial charge in [-0.1, -0.05) is 49.0 Å². The van der Waals surface area contributed by atoms with E-state index >= 15 is 0 Å². The van der Waals surface area contributed by atoms with Gasteiger partial charge in [-0.15, -0.1) is 0 Å². The van der Waals surface area contributed by atoms with Crippen LogP contribution in [0.1, 0.15) is 38.8 Å². The number of aliphatic hydroxyl groups is 1. The summed E-state index contributed by atoms with van der Waals surface area (Å²) in [4.78, 5) is 0. The Hall–Kier alpha value is -1.36. The zero-order valence-electron chi connectivity index (χ0n) is 12.6. The Balaban J connectivity index is 2.67. The third-order valence-corrected chi connectivity index (χ3v) is 3.51. The van der Waals surface area contributed by atoms with Gasteiger partial charge in [0.1, 0.15) is 0 Å². The van der Waals surface area contributed by atoms with Crippen molar-refractivity contribution in [1.29, 1.82) is 0 Å². The zero-order valence-corrected chi connectivity index (χ0v) is 12.6. The summed E-state index contributed by atoms with van der Waals surface area (Å²) in [5.41, 5.74) is 0.0955. The highest BCUT2D eigenvalue weighted by atomic mass is 16.5. The molecular weight excluding hydrogens is 251 g/mol. The van der Waals surface area contributed by atoms with Gasteiger partial charge in [0.2, 0.25) is 0 Å². The predicted molar refractivity (Wildman–Crippen MR) is 85.0 cm³/mol. The van der Waals surface area contributed by atoms with Crippen molar-refractivity contribution in [2.24, 2.45) is 0 Å². The molecule has 0 unspecified atom stereocenters. The summed E-state index contributed by atoms with van der Waals surface area (Å²) in [6, 6.07) is 7.75. The van der Waals surface area contributed by atoms with Crippen molar-refractivity contribution in [3.05, 3.63) is 47.9 Å². The van der Waals surface area contributed by atoms with E-state index in [1.165, 1.54) is 0 Å². The number of hydrogen-bond acceptors (Lipinski definition) is 3. The Morgan fingerprint density at radius 3 is 2.05 bits per heavy atom. The molecule has 0 heterocycles. The van der Waals surface area contributed by atoms with Crippen LogP contribution in [0.4, 0.5) is 0 Å². The summed E-state index contributed by atoms with van der Waals surface area (Å²) in [6.07, 6.45) is 3.55. The lowest BCUT2D eigenvalue weighted by atomic mass is 9.82. The highest BCUT2D eigenvalue weighted by Gasteiger charge is 2.38. The molecule has 108 valence electrons. The minimum Gasteiger partial charge on any atom is -0.423 e. The lowest BCUT2D eigenvalue weighted by molar-refractivity contribution is -0.0984. The van der Waals surface area contributed by atoms with Crippen LogP contribution in [0.25, 0.3) is 12.2 Å². The lowest BCUT2D eigenvalue weighted by Gasteiger charge is -2.38. The fourth-order valence-corrected chi connectivity index (χ4v) is 1.42. The van der Waals surface area contributed by atoms with Gasteiger partial charge >= 0.3 is 7.12 Å². The zero-order chi connectivity index (χ0) is 15.4. The van der Waals surface area contributed by atoms with Crippen molar-refractivity contribution >= 4 is 19.3 Å². The predicted octanol–water partition coefficient (Wildman–Crippen LogP) is 2.93. The molecule has 0 atom stereocenters. The Bertz CT molecular complexity index is 469. The van der Waals surface area contributed by atoms with Crippen molar-refractivity contribution in [2.45, 2.75) is 38.9 Å². The molecule has 0 saturated heterocycles. The van der Waals surface area contributed by atoms with Crippen molar-refractivity contribution < 1.29 is 14.8 Å². The van der Waals surface area contributed by atoms with Gasteiger partial charge in [-0.05, 0) is 38.8 Å². The van der Waals surface area contributed by atoms with E-state index in [-0.39, 0.29) is 0 Å². The monoisotopic (exact) mass is 274 g/mol. The van der Waals surface area contributed by atoms with Crippen LogP contribution < -0.4 is 0 Å². The van der Waals surface area contributed by atoms with Gasteiger partial charge in [0, 0.05) is 0 Å². The molecule has 0 bridgehead atoms. The summed E-state index contributed by atoms with van der Waals surface area (Å²) in [7, 11) is -1.07. The topological polar surface area (TPSA) is 49.7 Å². The van der Waals surface area contributed by atoms with Crippen LogP contribution in [0.5, 0.6) is 0 Å². The summed E-state index contributed by atoms with van der Waals surface area (Å²) in [6.45, 7) is 10.5. The molecule has 0 amide bonds. The summed E-state index contributed by atoms with van der Waals surface area (Å²) in [5, 5.41) is 19.8. The van der Waals surface area contributed by atoms with E-state index in [2.05, 4.69) is 6.58 Å². The van der Waals surface area contributed by atoms with E-state index < -0.39 is 18.3 Å². The molecule has 0 aliphatic rings. The third-order valence-electron chi connectivity index (χ3n) is 3.51. The van der Waals surface area contributed by atoms with Gasteiger partial charge in [0.15, 0.2) is 0 Å². The first-order valence-electron chi connectivity index (χ1n) is 6.65. The Morgan fingerprint density at radius 2 is 1.60 bits per heavy atom. The van der Waals surface area contributed by atoms with Crippen LogP contribution in [0, 0.1) is 0 Å². The molecule has 0 aliphatic heterocycles. The van der Waals surface area contributed by atoms with Crippen LogP contribution in [0.2, 0.25) is 0 Å². The van der Waals surface area contributed by atoms with E-state index in [0.717, 1.165) is 11.1 Å². The van der Waals surface area contributed by atoms with Crippen molar-refractivity contribution in [3.8, 4) is 0 Å². The molecule has 4 heteroatoms. The summed E-state index contributed by atoms with van der Waals surface area (Å²) >= 11 is 0.